The molecule has 2 heterocycles. The first kappa shape index (κ1) is 16.6. The first-order valence-electron chi connectivity index (χ1n) is 7.50. The third-order valence-corrected chi connectivity index (χ3v) is 6.65. The summed E-state index contributed by atoms with van der Waals surface area (Å²) in [5.74, 6) is -0.0882. The molecule has 0 aliphatic carbocycles. The minimum Gasteiger partial charge on any atom is -0.346 e. The maximum absolute atomic E-state index is 12.6. The number of hydrogen-bond acceptors (Lipinski definition) is 6. The molecule has 0 fully saturated rings. The molecule has 1 aromatic heterocycles. The Balaban J connectivity index is 1.74. The maximum Gasteiger partial charge on any atom is 0.210 e. The zero-order valence-corrected chi connectivity index (χ0v) is 14.6. The van der Waals surface area contributed by atoms with Crippen LogP contribution in [0, 0.1) is 0 Å². The summed E-state index contributed by atoms with van der Waals surface area (Å²) in [6, 6.07) is 7.41. The molecule has 0 bridgehead atoms. The van der Waals surface area contributed by atoms with Crippen LogP contribution in [0.5, 0.6) is 0 Å². The minimum atomic E-state index is -3.48. The molecule has 0 saturated heterocycles. The van der Waals surface area contributed by atoms with Crippen molar-refractivity contribution in [3.63, 3.8) is 0 Å². The summed E-state index contributed by atoms with van der Waals surface area (Å²) in [7, 11) is -3.48. The van der Waals surface area contributed by atoms with Gasteiger partial charge < -0.3 is 9.47 Å². The van der Waals surface area contributed by atoms with Gasteiger partial charge in [0, 0.05) is 0 Å². The lowest BCUT2D eigenvalue weighted by Gasteiger charge is -2.26. The molecule has 0 radical (unpaired) electrons. The predicted molar refractivity (Wildman–Crippen MR) is 90.3 cm³/mol. The highest BCUT2D eigenvalue weighted by molar-refractivity contribution is 7.93. The molecule has 0 saturated carbocycles. The molecule has 0 amide bonds. The monoisotopic (exact) mass is 353 g/mol. The molecule has 2 atom stereocenters. The van der Waals surface area contributed by atoms with E-state index in [9.17, 15) is 8.42 Å². The van der Waals surface area contributed by atoms with E-state index in [-0.39, 0.29) is 16.2 Å². The van der Waals surface area contributed by atoms with Crippen molar-refractivity contribution < 1.29 is 17.9 Å². The number of thiazole rings is 1. The largest absolute Gasteiger partial charge is 0.346 e. The Labute approximate surface area is 139 Å². The number of aromatic nitrogens is 1. The Morgan fingerprint density at radius 3 is 2.91 bits per heavy atom. The summed E-state index contributed by atoms with van der Waals surface area (Å²) in [6.45, 7) is 3.83. The highest BCUT2D eigenvalue weighted by Crippen LogP contribution is 2.27. The lowest BCUT2D eigenvalue weighted by atomic mass is 10.2. The van der Waals surface area contributed by atoms with Gasteiger partial charge in [-0.15, -0.1) is 11.3 Å². The van der Waals surface area contributed by atoms with Crippen LogP contribution in [0.25, 0.3) is 10.2 Å². The number of rotatable bonds is 5. The second-order valence-corrected chi connectivity index (χ2v) is 8.94. The lowest BCUT2D eigenvalue weighted by molar-refractivity contribution is -0.160. The van der Waals surface area contributed by atoms with Crippen LogP contribution < -0.4 is 0 Å². The van der Waals surface area contributed by atoms with Crippen LogP contribution in [0.4, 0.5) is 0 Å². The van der Waals surface area contributed by atoms with E-state index in [1.807, 2.05) is 50.3 Å². The van der Waals surface area contributed by atoms with Gasteiger partial charge in [-0.25, -0.2) is 13.4 Å². The van der Waals surface area contributed by atoms with Crippen molar-refractivity contribution in [2.24, 2.45) is 0 Å². The Morgan fingerprint density at radius 1 is 1.39 bits per heavy atom. The number of fused-ring (bicyclic) bond motifs is 1. The van der Waals surface area contributed by atoms with E-state index in [1.165, 1.54) is 11.3 Å². The molecule has 5 nitrogen and oxygen atoms in total. The summed E-state index contributed by atoms with van der Waals surface area (Å²) in [5.41, 5.74) is 0.710. The molecule has 3 rings (SSSR count). The van der Waals surface area contributed by atoms with Crippen molar-refractivity contribution in [2.75, 3.05) is 5.75 Å². The fourth-order valence-electron chi connectivity index (χ4n) is 2.39. The highest BCUT2D eigenvalue weighted by Gasteiger charge is 2.28. The Hall–Kier alpha value is -1.28. The average molecular weight is 353 g/mol. The highest BCUT2D eigenvalue weighted by atomic mass is 32.2. The molecular formula is C16H19NO4S2. The first-order valence-corrected chi connectivity index (χ1v) is 9.97. The van der Waals surface area contributed by atoms with Gasteiger partial charge in [-0.3, -0.25) is 0 Å². The van der Waals surface area contributed by atoms with Gasteiger partial charge in [-0.1, -0.05) is 18.2 Å². The lowest BCUT2D eigenvalue weighted by Crippen LogP contribution is -2.33. The van der Waals surface area contributed by atoms with Gasteiger partial charge in [0.25, 0.3) is 0 Å². The predicted octanol–water partition coefficient (Wildman–Crippen LogP) is 3.17. The third-order valence-electron chi connectivity index (χ3n) is 3.37. The van der Waals surface area contributed by atoms with Crippen molar-refractivity contribution in [3.8, 4) is 0 Å². The smallest absolute Gasteiger partial charge is 0.210 e. The van der Waals surface area contributed by atoms with Crippen LogP contribution >= 0.6 is 11.3 Å². The van der Waals surface area contributed by atoms with Crippen molar-refractivity contribution in [2.45, 2.75) is 43.1 Å². The van der Waals surface area contributed by atoms with Crippen LogP contribution in [-0.2, 0) is 19.3 Å². The number of para-hydroxylation sites is 1. The standard InChI is InChI=1S/C16H19NO4S2/c1-11(2)20-15-9-5-6-12(21-15)10-23(18,19)16-17-13-7-3-4-8-14(13)22-16/h3-5,7-9,11-12,15H,6,10H2,1-2H3/t12-,15-/m1/s1. The normalized spacial score (nSPS) is 22.0. The molecule has 1 aromatic carbocycles. The van der Waals surface area contributed by atoms with Crippen LogP contribution in [0.2, 0.25) is 0 Å². The minimum absolute atomic E-state index is 0.0178. The summed E-state index contributed by atoms with van der Waals surface area (Å²) < 4.78 is 37.5. The van der Waals surface area contributed by atoms with Crippen molar-refractivity contribution in [1.82, 2.24) is 4.98 Å². The molecule has 1 aliphatic rings. The number of nitrogens with zero attached hydrogens (tertiary/aromatic N) is 1. The van der Waals surface area contributed by atoms with E-state index in [1.54, 1.807) is 0 Å². The zero-order chi connectivity index (χ0) is 16.4. The summed E-state index contributed by atoms with van der Waals surface area (Å²) >= 11 is 1.20. The Bertz CT molecular complexity index is 777. The van der Waals surface area contributed by atoms with E-state index in [4.69, 9.17) is 9.47 Å². The van der Waals surface area contributed by atoms with Gasteiger partial charge in [0.05, 0.1) is 28.2 Å². The van der Waals surface area contributed by atoms with E-state index in [0.29, 0.717) is 11.9 Å². The van der Waals surface area contributed by atoms with Gasteiger partial charge in [-0.05, 0) is 38.5 Å². The SMILES string of the molecule is CC(C)O[C@H]1C=CC[C@H](CS(=O)(=O)c2nc3ccccc3s2)O1. The summed E-state index contributed by atoms with van der Waals surface area (Å²) in [6.07, 6.45) is 3.40. The molecule has 0 N–H and O–H groups in total. The fourth-order valence-corrected chi connectivity index (χ4v) is 5.15. The van der Waals surface area contributed by atoms with Gasteiger partial charge in [0.1, 0.15) is 0 Å². The molecule has 0 unspecified atom stereocenters. The van der Waals surface area contributed by atoms with Gasteiger partial charge in [-0.2, -0.15) is 0 Å². The third kappa shape index (κ3) is 3.98. The molecule has 124 valence electrons. The Morgan fingerprint density at radius 2 is 2.17 bits per heavy atom. The molecule has 23 heavy (non-hydrogen) atoms. The first-order chi connectivity index (χ1) is 10.9. The van der Waals surface area contributed by atoms with E-state index >= 15 is 0 Å². The summed E-state index contributed by atoms with van der Waals surface area (Å²) in [5, 5.41) is 0. The Kier molecular flexibility index (Phi) is 4.82. The maximum atomic E-state index is 12.6. The number of benzene rings is 1. The molecule has 2 aromatic rings. The van der Waals surface area contributed by atoms with Crippen molar-refractivity contribution in [1.29, 1.82) is 0 Å². The summed E-state index contributed by atoms with van der Waals surface area (Å²) in [4.78, 5) is 4.24. The van der Waals surface area contributed by atoms with E-state index < -0.39 is 22.2 Å². The van der Waals surface area contributed by atoms with Crippen LogP contribution in [0.1, 0.15) is 20.3 Å². The average Bonchev–Trinajstić information content (AvgIpc) is 2.91. The number of hydrogen-bond donors (Lipinski definition) is 0. The van der Waals surface area contributed by atoms with Crippen LogP contribution in [0.15, 0.2) is 40.8 Å². The molecular weight excluding hydrogens is 334 g/mol. The van der Waals surface area contributed by atoms with Gasteiger partial charge in [0.15, 0.2) is 6.29 Å². The van der Waals surface area contributed by atoms with E-state index in [0.717, 1.165) is 4.70 Å². The number of sulfone groups is 1. The van der Waals surface area contributed by atoms with Gasteiger partial charge in [0.2, 0.25) is 14.2 Å². The van der Waals surface area contributed by atoms with Crippen molar-refractivity contribution >= 4 is 31.4 Å². The zero-order valence-electron chi connectivity index (χ0n) is 13.0. The quantitative estimate of drug-likeness (QED) is 0.773. The second-order valence-electron chi connectivity index (χ2n) is 5.70. The van der Waals surface area contributed by atoms with Crippen molar-refractivity contribution in [3.05, 3.63) is 36.4 Å². The molecule has 7 heteroatoms. The number of ether oxygens (including phenoxy) is 2. The van der Waals surface area contributed by atoms with E-state index in [2.05, 4.69) is 4.98 Å². The molecule has 1 aliphatic heterocycles. The topological polar surface area (TPSA) is 65.5 Å². The fraction of sp³-hybridized carbons (Fsp3) is 0.438. The van der Waals surface area contributed by atoms with Crippen LogP contribution in [0.3, 0.4) is 0 Å². The van der Waals surface area contributed by atoms with Gasteiger partial charge >= 0.3 is 0 Å². The second kappa shape index (κ2) is 6.68. The van der Waals surface area contributed by atoms with Crippen LogP contribution in [-0.4, -0.2) is 37.7 Å². The molecule has 0 spiro atoms.